The summed E-state index contributed by atoms with van der Waals surface area (Å²) in [6.07, 6.45) is 2.79. The Kier molecular flexibility index (Phi) is 2.85. The Hall–Kier alpha value is -2.31. The van der Waals surface area contributed by atoms with Gasteiger partial charge in [0.15, 0.2) is 0 Å². The Balaban J connectivity index is 2.90. The van der Waals surface area contributed by atoms with E-state index in [1.807, 2.05) is 0 Å². The smallest absolute Gasteiger partial charge is 0.316 e. The third-order valence-electron chi connectivity index (χ3n) is 1.34. The number of anilines is 2. The van der Waals surface area contributed by atoms with Gasteiger partial charge in [-0.1, -0.05) is 0 Å². The SMILES string of the molecule is NC(=O)Nc1ccncc1NC(N)=O. The molecule has 4 amide bonds. The Bertz CT molecular complexity index is 330. The number of carbonyl (C=O) groups excluding carboxylic acids is 2. The number of nitrogens with zero attached hydrogens (tertiary/aromatic N) is 1. The largest absolute Gasteiger partial charge is 0.351 e. The highest BCUT2D eigenvalue weighted by Crippen LogP contribution is 2.18. The van der Waals surface area contributed by atoms with Gasteiger partial charge in [-0.15, -0.1) is 0 Å². The van der Waals surface area contributed by atoms with Gasteiger partial charge in [-0.2, -0.15) is 0 Å². The number of primary amides is 2. The van der Waals surface area contributed by atoms with Crippen LogP contribution in [-0.2, 0) is 0 Å². The van der Waals surface area contributed by atoms with Crippen molar-refractivity contribution in [2.75, 3.05) is 10.6 Å². The van der Waals surface area contributed by atoms with Crippen molar-refractivity contribution in [3.05, 3.63) is 18.5 Å². The van der Waals surface area contributed by atoms with Crippen molar-refractivity contribution in [2.24, 2.45) is 11.5 Å². The fraction of sp³-hybridized carbons (Fsp3) is 0. The molecule has 0 aromatic carbocycles. The fourth-order valence-electron chi connectivity index (χ4n) is 0.869. The number of aromatic nitrogens is 1. The molecular formula is C7H9N5O2. The number of hydrogen-bond acceptors (Lipinski definition) is 3. The number of pyridine rings is 1. The van der Waals surface area contributed by atoms with E-state index in [4.69, 9.17) is 11.5 Å². The molecular weight excluding hydrogens is 186 g/mol. The van der Waals surface area contributed by atoms with Crippen LogP contribution < -0.4 is 22.1 Å². The topological polar surface area (TPSA) is 123 Å². The molecule has 7 heteroatoms. The fourth-order valence-corrected chi connectivity index (χ4v) is 0.869. The Morgan fingerprint density at radius 2 is 1.71 bits per heavy atom. The van der Waals surface area contributed by atoms with Crippen LogP contribution in [0.1, 0.15) is 0 Å². The standard InChI is InChI=1S/C7H9N5O2/c8-6(13)11-4-1-2-10-3-5(4)12-7(9)14/h1-3H,(H3,9,12,14)(H3,8,10,11,13). The summed E-state index contributed by atoms with van der Waals surface area (Å²) in [4.78, 5) is 24.8. The second kappa shape index (κ2) is 4.08. The summed E-state index contributed by atoms with van der Waals surface area (Å²) in [6.45, 7) is 0. The van der Waals surface area contributed by atoms with Crippen LogP contribution in [0.4, 0.5) is 21.0 Å². The van der Waals surface area contributed by atoms with Crippen molar-refractivity contribution in [1.29, 1.82) is 0 Å². The van der Waals surface area contributed by atoms with Crippen molar-refractivity contribution >= 4 is 23.4 Å². The molecule has 0 aliphatic rings. The minimum atomic E-state index is -0.745. The summed E-state index contributed by atoms with van der Waals surface area (Å²) >= 11 is 0. The highest BCUT2D eigenvalue weighted by atomic mass is 16.2. The molecule has 1 aromatic heterocycles. The number of urea groups is 2. The maximum atomic E-state index is 10.6. The number of nitrogens with two attached hydrogens (primary N) is 2. The van der Waals surface area contributed by atoms with Crippen LogP contribution >= 0.6 is 0 Å². The average Bonchev–Trinajstić information content (AvgIpc) is 2.06. The van der Waals surface area contributed by atoms with Crippen LogP contribution in [0.3, 0.4) is 0 Å². The minimum Gasteiger partial charge on any atom is -0.351 e. The average molecular weight is 195 g/mol. The van der Waals surface area contributed by atoms with Crippen LogP contribution in [0.2, 0.25) is 0 Å². The lowest BCUT2D eigenvalue weighted by Gasteiger charge is -2.07. The third-order valence-corrected chi connectivity index (χ3v) is 1.34. The first kappa shape index (κ1) is 9.78. The zero-order valence-electron chi connectivity index (χ0n) is 7.15. The van der Waals surface area contributed by atoms with E-state index in [0.29, 0.717) is 11.4 Å². The number of nitrogens with one attached hydrogen (secondary N) is 2. The molecule has 1 heterocycles. The van der Waals surface area contributed by atoms with Gasteiger partial charge in [-0.05, 0) is 6.07 Å². The summed E-state index contributed by atoms with van der Waals surface area (Å²) in [5.74, 6) is 0. The van der Waals surface area contributed by atoms with Gasteiger partial charge < -0.3 is 22.1 Å². The molecule has 1 rings (SSSR count). The molecule has 0 saturated heterocycles. The van der Waals surface area contributed by atoms with E-state index < -0.39 is 12.1 Å². The van der Waals surface area contributed by atoms with Crippen molar-refractivity contribution in [1.82, 2.24) is 4.98 Å². The lowest BCUT2D eigenvalue weighted by atomic mass is 10.3. The highest BCUT2D eigenvalue weighted by molar-refractivity contribution is 5.97. The number of amides is 4. The number of hydrogen-bond donors (Lipinski definition) is 4. The Morgan fingerprint density at radius 1 is 1.14 bits per heavy atom. The molecule has 0 radical (unpaired) electrons. The second-order valence-corrected chi connectivity index (χ2v) is 2.40. The predicted octanol–water partition coefficient (Wildman–Crippen LogP) is 0.0628. The van der Waals surface area contributed by atoms with Crippen molar-refractivity contribution in [3.63, 3.8) is 0 Å². The van der Waals surface area contributed by atoms with Gasteiger partial charge >= 0.3 is 12.1 Å². The maximum absolute atomic E-state index is 10.6. The summed E-state index contributed by atoms with van der Waals surface area (Å²) in [6, 6.07) is 0.00462. The first-order chi connectivity index (χ1) is 6.59. The Labute approximate surface area is 79.5 Å². The molecule has 74 valence electrons. The second-order valence-electron chi connectivity index (χ2n) is 2.40. The van der Waals surface area contributed by atoms with Crippen LogP contribution in [0.5, 0.6) is 0 Å². The van der Waals surface area contributed by atoms with Gasteiger partial charge in [0.2, 0.25) is 0 Å². The van der Waals surface area contributed by atoms with Gasteiger partial charge in [0.1, 0.15) is 0 Å². The van der Waals surface area contributed by atoms with E-state index in [1.165, 1.54) is 18.5 Å². The number of carbonyl (C=O) groups is 2. The summed E-state index contributed by atoms with van der Waals surface area (Å²) in [5, 5.41) is 4.59. The van der Waals surface area contributed by atoms with Crippen LogP contribution in [0.25, 0.3) is 0 Å². The third kappa shape index (κ3) is 2.63. The van der Waals surface area contributed by atoms with Crippen molar-refractivity contribution in [3.8, 4) is 0 Å². The molecule has 0 fully saturated rings. The van der Waals surface area contributed by atoms with E-state index >= 15 is 0 Å². The molecule has 0 aliphatic carbocycles. The molecule has 7 nitrogen and oxygen atoms in total. The molecule has 0 bridgehead atoms. The van der Waals surface area contributed by atoms with Crippen molar-refractivity contribution < 1.29 is 9.59 Å². The highest BCUT2D eigenvalue weighted by Gasteiger charge is 2.05. The molecule has 6 N–H and O–H groups in total. The maximum Gasteiger partial charge on any atom is 0.316 e. The van der Waals surface area contributed by atoms with Gasteiger partial charge in [0.05, 0.1) is 17.6 Å². The molecule has 0 aliphatic heterocycles. The first-order valence-electron chi connectivity index (χ1n) is 3.66. The molecule has 1 aromatic rings. The zero-order valence-corrected chi connectivity index (χ0v) is 7.15. The van der Waals surface area contributed by atoms with E-state index in [2.05, 4.69) is 15.6 Å². The molecule has 0 saturated carbocycles. The summed E-state index contributed by atoms with van der Waals surface area (Å²) in [5.41, 5.74) is 10.4. The van der Waals surface area contributed by atoms with E-state index in [-0.39, 0.29) is 0 Å². The summed E-state index contributed by atoms with van der Waals surface area (Å²) in [7, 11) is 0. The lowest BCUT2D eigenvalue weighted by Crippen LogP contribution is -2.23. The quantitative estimate of drug-likeness (QED) is 0.533. The molecule has 0 atom stereocenters. The van der Waals surface area contributed by atoms with E-state index in [0.717, 1.165) is 0 Å². The Morgan fingerprint density at radius 3 is 2.29 bits per heavy atom. The van der Waals surface area contributed by atoms with Crippen LogP contribution in [0, 0.1) is 0 Å². The first-order valence-corrected chi connectivity index (χ1v) is 3.66. The monoisotopic (exact) mass is 195 g/mol. The lowest BCUT2D eigenvalue weighted by molar-refractivity contribution is 0.258. The molecule has 14 heavy (non-hydrogen) atoms. The van der Waals surface area contributed by atoms with Crippen LogP contribution in [0.15, 0.2) is 18.5 Å². The van der Waals surface area contributed by atoms with Gasteiger partial charge in [-0.3, -0.25) is 4.98 Å². The van der Waals surface area contributed by atoms with E-state index in [1.54, 1.807) is 0 Å². The predicted molar refractivity (Wildman–Crippen MR) is 50.6 cm³/mol. The number of rotatable bonds is 2. The van der Waals surface area contributed by atoms with Crippen molar-refractivity contribution in [2.45, 2.75) is 0 Å². The van der Waals surface area contributed by atoms with Gasteiger partial charge in [0, 0.05) is 6.20 Å². The van der Waals surface area contributed by atoms with Gasteiger partial charge in [-0.25, -0.2) is 9.59 Å². The normalized spacial score (nSPS) is 9.14. The molecule has 0 spiro atoms. The zero-order chi connectivity index (χ0) is 10.6. The van der Waals surface area contributed by atoms with Crippen LogP contribution in [-0.4, -0.2) is 17.0 Å². The summed E-state index contributed by atoms with van der Waals surface area (Å²) < 4.78 is 0. The molecule has 0 unspecified atom stereocenters. The minimum absolute atomic E-state index is 0.291. The van der Waals surface area contributed by atoms with E-state index in [9.17, 15) is 9.59 Å². The van der Waals surface area contributed by atoms with Gasteiger partial charge in [0.25, 0.3) is 0 Å².